The van der Waals surface area contributed by atoms with Crippen LogP contribution in [0.5, 0.6) is 17.2 Å². The van der Waals surface area contributed by atoms with Crippen LogP contribution in [0.2, 0.25) is 0 Å². The van der Waals surface area contributed by atoms with Gasteiger partial charge in [-0.05, 0) is 48.2 Å². The van der Waals surface area contributed by atoms with Gasteiger partial charge in [-0.1, -0.05) is 18.2 Å². The lowest BCUT2D eigenvalue weighted by Crippen LogP contribution is -2.58. The van der Waals surface area contributed by atoms with E-state index in [1.54, 1.807) is 19.1 Å². The molecule has 0 radical (unpaired) electrons. The van der Waals surface area contributed by atoms with Crippen molar-refractivity contribution in [2.24, 2.45) is 0 Å². The summed E-state index contributed by atoms with van der Waals surface area (Å²) in [7, 11) is 3.26. The van der Waals surface area contributed by atoms with Crippen molar-refractivity contribution in [2.75, 3.05) is 47.0 Å². The summed E-state index contributed by atoms with van der Waals surface area (Å²) in [6, 6.07) is 13.0. The predicted octanol–water partition coefficient (Wildman–Crippen LogP) is 2.27. The number of aromatic nitrogens is 2. The fourth-order valence-electron chi connectivity index (χ4n) is 5.36. The lowest BCUT2D eigenvalue weighted by atomic mass is 10.0. The van der Waals surface area contributed by atoms with Gasteiger partial charge in [-0.25, -0.2) is 4.79 Å². The first-order chi connectivity index (χ1) is 20.4. The number of fused-ring (bicyclic) bond motifs is 5. The molecule has 42 heavy (non-hydrogen) atoms. The standard InChI is InChI=1S/C30H37N5O7/c1-39-12-4-10-34-16-20-7-8-26(40-2)27(14-20)42-22-6-3-5-21(13-22)19-41-25-9-11-35(17-24(25)32-28(36)18-34)29(37)23-15-31-30(38)33-23/h3,5-8,13-15,24-25H,4,9-12,16-19H2,1-2H3,(H,32,36)(H2,31,33,38)/t24-,25+/m0/s1. The highest BCUT2D eigenvalue weighted by Crippen LogP contribution is 2.33. The lowest BCUT2D eigenvalue weighted by Gasteiger charge is -2.39. The zero-order chi connectivity index (χ0) is 29.5. The molecule has 1 fully saturated rings. The van der Waals surface area contributed by atoms with Gasteiger partial charge in [0.1, 0.15) is 11.4 Å². The number of rotatable bonds is 6. The molecule has 4 bridgehead atoms. The Labute approximate surface area is 243 Å². The molecule has 3 N–H and O–H groups in total. The molecule has 0 aliphatic carbocycles. The largest absolute Gasteiger partial charge is 0.493 e. The van der Waals surface area contributed by atoms with E-state index in [9.17, 15) is 14.4 Å². The first kappa shape index (κ1) is 29.4. The third kappa shape index (κ3) is 7.38. The summed E-state index contributed by atoms with van der Waals surface area (Å²) in [6.07, 6.45) is 2.31. The average molecular weight is 580 g/mol. The van der Waals surface area contributed by atoms with Crippen molar-refractivity contribution in [2.45, 2.75) is 38.1 Å². The van der Waals surface area contributed by atoms with Gasteiger partial charge in [-0.15, -0.1) is 0 Å². The summed E-state index contributed by atoms with van der Waals surface area (Å²) in [5.41, 5.74) is 1.61. The molecule has 1 saturated heterocycles. The van der Waals surface area contributed by atoms with Crippen LogP contribution in [-0.2, 0) is 27.4 Å². The maximum absolute atomic E-state index is 13.5. The van der Waals surface area contributed by atoms with Crippen molar-refractivity contribution in [3.63, 3.8) is 0 Å². The van der Waals surface area contributed by atoms with E-state index in [-0.39, 0.29) is 36.7 Å². The fourth-order valence-corrected chi connectivity index (χ4v) is 5.36. The second-order valence-electron chi connectivity index (χ2n) is 10.5. The molecule has 2 atom stereocenters. The molecular weight excluding hydrogens is 542 g/mol. The number of H-pyrrole nitrogens is 2. The van der Waals surface area contributed by atoms with E-state index in [1.807, 2.05) is 42.5 Å². The van der Waals surface area contributed by atoms with E-state index in [2.05, 4.69) is 20.2 Å². The number of nitrogens with one attached hydrogen (secondary N) is 3. The third-order valence-electron chi connectivity index (χ3n) is 7.42. The normalized spacial score (nSPS) is 19.9. The first-order valence-corrected chi connectivity index (χ1v) is 14.0. The Morgan fingerprint density at radius 3 is 2.76 bits per heavy atom. The van der Waals surface area contributed by atoms with Crippen LogP contribution in [0.15, 0.2) is 53.5 Å². The number of imidazole rings is 1. The number of ether oxygens (including phenoxy) is 4. The van der Waals surface area contributed by atoms with Gasteiger partial charge in [0.15, 0.2) is 11.5 Å². The van der Waals surface area contributed by atoms with Gasteiger partial charge in [0.05, 0.1) is 32.4 Å². The molecule has 224 valence electrons. The van der Waals surface area contributed by atoms with Crippen molar-refractivity contribution in [3.8, 4) is 17.2 Å². The Kier molecular flexibility index (Phi) is 9.57. The van der Waals surface area contributed by atoms with E-state index >= 15 is 0 Å². The molecule has 12 nitrogen and oxygen atoms in total. The second-order valence-corrected chi connectivity index (χ2v) is 10.5. The molecule has 5 rings (SSSR count). The number of carbonyl (C=O) groups excluding carboxylic acids is 2. The molecule has 12 heteroatoms. The second kappa shape index (κ2) is 13.7. The van der Waals surface area contributed by atoms with Crippen molar-refractivity contribution < 1.29 is 28.5 Å². The Hall–Kier alpha value is -4.13. The SMILES string of the molecule is COCCCN1CC(=O)N[C@H]2CN(C(=O)c3c[nH]c(=O)[nH]3)CC[C@H]2OCc2cccc(c2)Oc2cc(ccc2OC)C1. The van der Waals surface area contributed by atoms with Gasteiger partial charge in [0.25, 0.3) is 5.91 Å². The number of aromatic amines is 2. The van der Waals surface area contributed by atoms with Gasteiger partial charge in [-0.2, -0.15) is 0 Å². The maximum Gasteiger partial charge on any atom is 0.323 e. The molecule has 1 aromatic heterocycles. The summed E-state index contributed by atoms with van der Waals surface area (Å²) in [5.74, 6) is 1.37. The van der Waals surface area contributed by atoms with Crippen LogP contribution in [0.1, 0.15) is 34.5 Å². The van der Waals surface area contributed by atoms with E-state index in [1.165, 1.54) is 6.20 Å². The van der Waals surface area contributed by atoms with Crippen LogP contribution in [0.3, 0.4) is 0 Å². The zero-order valence-electron chi connectivity index (χ0n) is 23.9. The molecule has 0 spiro atoms. The number of carbonyl (C=O) groups is 2. The number of likely N-dealkylation sites (tertiary alicyclic amines) is 1. The Balaban J connectivity index is 1.42. The Morgan fingerprint density at radius 1 is 1.10 bits per heavy atom. The molecule has 2 aliphatic heterocycles. The monoisotopic (exact) mass is 579 g/mol. The van der Waals surface area contributed by atoms with E-state index in [0.29, 0.717) is 56.5 Å². The minimum absolute atomic E-state index is 0.146. The smallest absolute Gasteiger partial charge is 0.323 e. The third-order valence-corrected chi connectivity index (χ3v) is 7.42. The molecule has 2 aliphatic rings. The number of benzene rings is 2. The topological polar surface area (TPSA) is 138 Å². The number of hydrogen-bond acceptors (Lipinski definition) is 8. The Morgan fingerprint density at radius 2 is 1.98 bits per heavy atom. The van der Waals surface area contributed by atoms with Crippen LogP contribution in [0.25, 0.3) is 0 Å². The number of hydrogen-bond donors (Lipinski definition) is 3. The minimum atomic E-state index is -0.446. The molecule has 2 aromatic carbocycles. The summed E-state index contributed by atoms with van der Waals surface area (Å²) in [6.45, 7) is 2.83. The highest BCUT2D eigenvalue weighted by molar-refractivity contribution is 5.92. The van der Waals surface area contributed by atoms with Crippen LogP contribution in [0, 0.1) is 0 Å². The van der Waals surface area contributed by atoms with Crippen molar-refractivity contribution in [3.05, 3.63) is 76.0 Å². The zero-order valence-corrected chi connectivity index (χ0v) is 23.9. The van der Waals surface area contributed by atoms with Gasteiger partial charge in [0.2, 0.25) is 5.91 Å². The molecule has 0 saturated carbocycles. The summed E-state index contributed by atoms with van der Waals surface area (Å²) >= 11 is 0. The number of nitrogens with zero attached hydrogens (tertiary/aromatic N) is 2. The molecule has 3 aromatic rings. The lowest BCUT2D eigenvalue weighted by molar-refractivity contribution is -0.125. The maximum atomic E-state index is 13.5. The number of piperidine rings is 1. The molecular formula is C30H37N5O7. The summed E-state index contributed by atoms with van der Waals surface area (Å²) < 4.78 is 23.4. The van der Waals surface area contributed by atoms with Crippen molar-refractivity contribution in [1.82, 2.24) is 25.1 Å². The van der Waals surface area contributed by atoms with E-state index in [0.717, 1.165) is 17.5 Å². The number of amides is 2. The molecule has 2 amide bonds. The van der Waals surface area contributed by atoms with Crippen molar-refractivity contribution in [1.29, 1.82) is 0 Å². The highest BCUT2D eigenvalue weighted by Gasteiger charge is 2.34. The van der Waals surface area contributed by atoms with Crippen LogP contribution >= 0.6 is 0 Å². The van der Waals surface area contributed by atoms with Gasteiger partial charge < -0.3 is 39.1 Å². The van der Waals surface area contributed by atoms with Crippen LogP contribution in [0.4, 0.5) is 0 Å². The number of methoxy groups -OCH3 is 2. The summed E-state index contributed by atoms with van der Waals surface area (Å²) in [4.78, 5) is 46.8. The quantitative estimate of drug-likeness (QED) is 0.378. The average Bonchev–Trinajstić information content (AvgIpc) is 3.42. The first-order valence-electron chi connectivity index (χ1n) is 14.0. The minimum Gasteiger partial charge on any atom is -0.493 e. The van der Waals surface area contributed by atoms with Gasteiger partial charge in [0, 0.05) is 46.1 Å². The van der Waals surface area contributed by atoms with Gasteiger partial charge in [-0.3, -0.25) is 14.5 Å². The summed E-state index contributed by atoms with van der Waals surface area (Å²) in [5, 5.41) is 3.14. The van der Waals surface area contributed by atoms with Crippen molar-refractivity contribution >= 4 is 11.8 Å². The van der Waals surface area contributed by atoms with Gasteiger partial charge >= 0.3 is 5.69 Å². The Bertz CT molecular complexity index is 1440. The highest BCUT2D eigenvalue weighted by atomic mass is 16.5. The molecule has 0 unspecified atom stereocenters. The predicted molar refractivity (Wildman–Crippen MR) is 154 cm³/mol. The fraction of sp³-hybridized carbons (Fsp3) is 0.433. The molecule has 3 heterocycles. The van der Waals surface area contributed by atoms with Crippen LogP contribution in [-0.4, -0.2) is 90.7 Å². The van der Waals surface area contributed by atoms with E-state index < -0.39 is 11.7 Å². The van der Waals surface area contributed by atoms with E-state index in [4.69, 9.17) is 18.9 Å². The van der Waals surface area contributed by atoms with Crippen LogP contribution < -0.4 is 20.5 Å².